The maximum absolute atomic E-state index is 13.6. The molecule has 0 saturated carbocycles. The van der Waals surface area contributed by atoms with Crippen molar-refractivity contribution < 1.29 is 18.7 Å². The Balaban J connectivity index is 1.86. The summed E-state index contributed by atoms with van der Waals surface area (Å²) in [6, 6.07) is 10.00. The molecule has 0 spiro atoms. The summed E-state index contributed by atoms with van der Waals surface area (Å²) in [7, 11) is 0. The number of Topliss-reactive ketones (excluding diaryl/α,β-unsaturated/α-hetero) is 1. The number of hydrogen-bond acceptors (Lipinski definition) is 3. The van der Waals surface area contributed by atoms with Gasteiger partial charge in [0.15, 0.2) is 5.78 Å². The Bertz CT molecular complexity index is 765. The molecule has 0 aliphatic carbocycles. The summed E-state index contributed by atoms with van der Waals surface area (Å²) < 4.78 is 25.3. The fraction of sp³-hybridized carbons (Fsp3) is 0.316. The first-order valence-electron chi connectivity index (χ1n) is 7.59. The molecule has 2 aromatic carbocycles. The number of ketones is 1. The fourth-order valence-electron chi connectivity index (χ4n) is 2.83. The first-order chi connectivity index (χ1) is 10.9. The molecular formula is C19H19FO3. The van der Waals surface area contributed by atoms with Crippen molar-refractivity contribution in [2.45, 2.75) is 39.4 Å². The second-order valence-corrected chi connectivity index (χ2v) is 6.46. The first kappa shape index (κ1) is 15.5. The molecule has 0 bridgehead atoms. The van der Waals surface area contributed by atoms with E-state index in [0.29, 0.717) is 29.0 Å². The second kappa shape index (κ2) is 5.69. The lowest BCUT2D eigenvalue weighted by Gasteiger charge is -2.32. The molecular weight excluding hydrogens is 295 g/mol. The van der Waals surface area contributed by atoms with Crippen LogP contribution in [-0.4, -0.2) is 11.4 Å². The van der Waals surface area contributed by atoms with Gasteiger partial charge in [-0.25, -0.2) is 4.39 Å². The topological polar surface area (TPSA) is 35.5 Å². The summed E-state index contributed by atoms with van der Waals surface area (Å²) in [4.78, 5) is 12.3. The van der Waals surface area contributed by atoms with E-state index in [2.05, 4.69) is 0 Å². The van der Waals surface area contributed by atoms with Crippen molar-refractivity contribution in [1.82, 2.24) is 0 Å². The van der Waals surface area contributed by atoms with Crippen LogP contribution in [0.3, 0.4) is 0 Å². The molecule has 0 N–H and O–H groups in total. The summed E-state index contributed by atoms with van der Waals surface area (Å²) in [5.74, 6) is 0.883. The highest BCUT2D eigenvalue weighted by atomic mass is 19.1. The Hall–Kier alpha value is -2.36. The molecule has 0 atom stereocenters. The molecule has 0 aromatic heterocycles. The zero-order valence-electron chi connectivity index (χ0n) is 13.5. The number of aryl methyl sites for hydroxylation is 1. The third kappa shape index (κ3) is 3.21. The molecule has 0 saturated heterocycles. The van der Waals surface area contributed by atoms with Crippen molar-refractivity contribution in [3.8, 4) is 11.5 Å². The molecule has 1 aliphatic rings. The van der Waals surface area contributed by atoms with Crippen molar-refractivity contribution in [2.24, 2.45) is 0 Å². The Morgan fingerprint density at radius 2 is 2.00 bits per heavy atom. The number of ether oxygens (including phenoxy) is 2. The van der Waals surface area contributed by atoms with Crippen LogP contribution < -0.4 is 9.47 Å². The number of hydrogen-bond donors (Lipinski definition) is 0. The van der Waals surface area contributed by atoms with Gasteiger partial charge in [-0.2, -0.15) is 0 Å². The first-order valence-corrected chi connectivity index (χ1v) is 7.59. The molecule has 0 amide bonds. The number of carbonyl (C=O) groups is 1. The minimum Gasteiger partial charge on any atom is -0.489 e. The van der Waals surface area contributed by atoms with Crippen molar-refractivity contribution >= 4 is 5.78 Å². The number of fused-ring (bicyclic) bond motifs is 1. The molecule has 4 heteroatoms. The molecule has 120 valence electrons. The molecule has 2 aromatic rings. The van der Waals surface area contributed by atoms with E-state index >= 15 is 0 Å². The lowest BCUT2D eigenvalue weighted by Crippen LogP contribution is -2.36. The second-order valence-electron chi connectivity index (χ2n) is 6.46. The SMILES string of the molecule is Cc1cc(OCc2ccccc2F)cc2c1C(=O)CC(C)(C)O2. The van der Waals surface area contributed by atoms with E-state index in [9.17, 15) is 9.18 Å². The van der Waals surface area contributed by atoms with Crippen LogP contribution in [0.15, 0.2) is 36.4 Å². The highest BCUT2D eigenvalue weighted by Crippen LogP contribution is 2.37. The van der Waals surface area contributed by atoms with Gasteiger partial charge >= 0.3 is 0 Å². The fourth-order valence-corrected chi connectivity index (χ4v) is 2.83. The van der Waals surface area contributed by atoms with E-state index in [0.717, 1.165) is 5.56 Å². The maximum Gasteiger partial charge on any atom is 0.170 e. The number of rotatable bonds is 3. The summed E-state index contributed by atoms with van der Waals surface area (Å²) >= 11 is 0. The van der Waals surface area contributed by atoms with E-state index in [-0.39, 0.29) is 18.2 Å². The molecule has 0 radical (unpaired) electrons. The van der Waals surface area contributed by atoms with Crippen LogP contribution in [0.1, 0.15) is 41.8 Å². The van der Waals surface area contributed by atoms with Gasteiger partial charge in [-0.1, -0.05) is 18.2 Å². The molecule has 23 heavy (non-hydrogen) atoms. The Morgan fingerprint density at radius 3 is 2.74 bits per heavy atom. The van der Waals surface area contributed by atoms with E-state index in [4.69, 9.17) is 9.47 Å². The van der Waals surface area contributed by atoms with Gasteiger partial charge in [0.2, 0.25) is 0 Å². The van der Waals surface area contributed by atoms with Gasteiger partial charge in [-0.3, -0.25) is 4.79 Å². The molecule has 1 aliphatic heterocycles. The van der Waals surface area contributed by atoms with Gasteiger partial charge in [-0.05, 0) is 38.5 Å². The van der Waals surface area contributed by atoms with Gasteiger partial charge < -0.3 is 9.47 Å². The third-order valence-electron chi connectivity index (χ3n) is 3.88. The molecule has 3 rings (SSSR count). The van der Waals surface area contributed by atoms with Gasteiger partial charge in [-0.15, -0.1) is 0 Å². The van der Waals surface area contributed by atoms with Crippen molar-refractivity contribution in [3.05, 3.63) is 58.9 Å². The maximum atomic E-state index is 13.6. The zero-order chi connectivity index (χ0) is 16.6. The van der Waals surface area contributed by atoms with Crippen molar-refractivity contribution in [2.75, 3.05) is 0 Å². The number of carbonyl (C=O) groups excluding carboxylic acids is 1. The normalized spacial score (nSPS) is 15.7. The molecule has 0 unspecified atom stereocenters. The van der Waals surface area contributed by atoms with E-state index in [1.807, 2.05) is 20.8 Å². The minimum absolute atomic E-state index is 0.0782. The predicted octanol–water partition coefficient (Wildman–Crippen LogP) is 4.46. The van der Waals surface area contributed by atoms with E-state index < -0.39 is 5.60 Å². The standard InChI is InChI=1S/C19H19FO3/c1-12-8-14(22-11-13-6-4-5-7-15(13)20)9-17-18(12)16(21)10-19(2,3)23-17/h4-9H,10-11H2,1-3H3. The van der Waals surface area contributed by atoms with Gasteiger partial charge in [0.1, 0.15) is 29.5 Å². The highest BCUT2D eigenvalue weighted by molar-refractivity contribution is 6.01. The van der Waals surface area contributed by atoms with Crippen LogP contribution in [0.4, 0.5) is 4.39 Å². The third-order valence-corrected chi connectivity index (χ3v) is 3.88. The highest BCUT2D eigenvalue weighted by Gasteiger charge is 2.33. The summed E-state index contributed by atoms with van der Waals surface area (Å²) in [5, 5.41) is 0. The van der Waals surface area contributed by atoms with Gasteiger partial charge in [0, 0.05) is 11.6 Å². The van der Waals surface area contributed by atoms with Gasteiger partial charge in [0.05, 0.1) is 12.0 Å². The average Bonchev–Trinajstić information content (AvgIpc) is 2.44. The van der Waals surface area contributed by atoms with Crippen LogP contribution in [0.25, 0.3) is 0 Å². The minimum atomic E-state index is -0.527. The molecule has 0 fully saturated rings. The molecule has 3 nitrogen and oxygen atoms in total. The number of halogens is 1. The molecule has 1 heterocycles. The lowest BCUT2D eigenvalue weighted by molar-refractivity contribution is 0.0616. The predicted molar refractivity (Wildman–Crippen MR) is 85.6 cm³/mol. The van der Waals surface area contributed by atoms with Crippen LogP contribution in [0.2, 0.25) is 0 Å². The van der Waals surface area contributed by atoms with E-state index in [1.165, 1.54) is 6.07 Å². The van der Waals surface area contributed by atoms with Crippen LogP contribution in [-0.2, 0) is 6.61 Å². The monoisotopic (exact) mass is 314 g/mol. The zero-order valence-corrected chi connectivity index (χ0v) is 13.5. The van der Waals surface area contributed by atoms with Crippen LogP contribution in [0, 0.1) is 12.7 Å². The Morgan fingerprint density at radius 1 is 1.26 bits per heavy atom. The van der Waals surface area contributed by atoms with Crippen molar-refractivity contribution in [3.63, 3.8) is 0 Å². The quantitative estimate of drug-likeness (QED) is 0.839. The smallest absolute Gasteiger partial charge is 0.170 e. The number of benzene rings is 2. The Labute approximate surface area is 135 Å². The average molecular weight is 314 g/mol. The van der Waals surface area contributed by atoms with Crippen molar-refractivity contribution in [1.29, 1.82) is 0 Å². The van der Waals surface area contributed by atoms with Crippen LogP contribution >= 0.6 is 0 Å². The van der Waals surface area contributed by atoms with Crippen LogP contribution in [0.5, 0.6) is 11.5 Å². The van der Waals surface area contributed by atoms with E-state index in [1.54, 1.807) is 30.3 Å². The summed E-state index contributed by atoms with van der Waals surface area (Å²) in [5.41, 5.74) is 1.38. The largest absolute Gasteiger partial charge is 0.489 e. The van der Waals surface area contributed by atoms with Gasteiger partial charge in [0.25, 0.3) is 0 Å². The Kier molecular flexibility index (Phi) is 3.84. The summed E-state index contributed by atoms with van der Waals surface area (Å²) in [6.45, 7) is 5.75. The lowest BCUT2D eigenvalue weighted by atomic mass is 9.90. The summed E-state index contributed by atoms with van der Waals surface area (Å²) in [6.07, 6.45) is 0.357.